The number of benzene rings is 2. The van der Waals surface area contributed by atoms with Gasteiger partial charge in [-0.1, -0.05) is 60.7 Å². The predicted octanol–water partition coefficient (Wildman–Crippen LogP) is 5.50. The van der Waals surface area contributed by atoms with Crippen LogP contribution in [0.3, 0.4) is 0 Å². The van der Waals surface area contributed by atoms with E-state index in [0.717, 1.165) is 61.6 Å². The summed E-state index contributed by atoms with van der Waals surface area (Å²) in [5.74, 6) is 1.43. The summed E-state index contributed by atoms with van der Waals surface area (Å²) < 4.78 is 4.94. The van der Waals surface area contributed by atoms with E-state index in [4.69, 9.17) is 4.74 Å². The zero-order valence-corrected chi connectivity index (χ0v) is 26.3. The van der Waals surface area contributed by atoms with Crippen LogP contribution < -0.4 is 20.9 Å². The lowest BCUT2D eigenvalue weighted by atomic mass is 10.1. The Bertz CT molecular complexity index is 1420. The number of aromatic nitrogens is 4. The van der Waals surface area contributed by atoms with Crippen molar-refractivity contribution in [3.63, 3.8) is 0 Å². The van der Waals surface area contributed by atoms with Crippen molar-refractivity contribution in [3.8, 4) is 0 Å². The molecule has 3 fully saturated rings. The van der Waals surface area contributed by atoms with Gasteiger partial charge in [-0.05, 0) is 62.5 Å². The number of hydrogen-bond donors (Lipinski definition) is 2. The van der Waals surface area contributed by atoms with Crippen LogP contribution in [-0.4, -0.2) is 59.3 Å². The Morgan fingerprint density at radius 2 is 0.956 bits per heavy atom. The highest BCUT2D eigenvalue weighted by Crippen LogP contribution is 2.16. The van der Waals surface area contributed by atoms with E-state index in [2.05, 4.69) is 29.7 Å². The van der Waals surface area contributed by atoms with E-state index in [9.17, 15) is 9.59 Å². The second-order valence-electron chi connectivity index (χ2n) is 11.9. The van der Waals surface area contributed by atoms with E-state index in [1.165, 1.54) is 51.4 Å². The van der Waals surface area contributed by atoms with Gasteiger partial charge in [0.2, 0.25) is 11.9 Å². The van der Waals surface area contributed by atoms with Crippen molar-refractivity contribution in [2.24, 2.45) is 0 Å². The second-order valence-corrected chi connectivity index (χ2v) is 11.9. The molecule has 0 radical (unpaired) electrons. The van der Waals surface area contributed by atoms with Crippen LogP contribution in [0, 0.1) is 0 Å². The first-order chi connectivity index (χ1) is 22.2. The van der Waals surface area contributed by atoms with Crippen LogP contribution in [0.2, 0.25) is 0 Å². The molecule has 0 bridgehead atoms. The van der Waals surface area contributed by atoms with E-state index in [1.54, 1.807) is 12.4 Å². The molecule has 3 aliphatic heterocycles. The van der Waals surface area contributed by atoms with Gasteiger partial charge in [0.1, 0.15) is 0 Å². The minimum atomic E-state index is -0.0237. The Morgan fingerprint density at radius 1 is 0.556 bits per heavy atom. The Morgan fingerprint density at radius 3 is 1.29 bits per heavy atom. The number of hydrogen-bond acceptors (Lipinski definition) is 7. The third-order valence-electron chi connectivity index (χ3n) is 8.33. The summed E-state index contributed by atoms with van der Waals surface area (Å²) in [7, 11) is 0. The van der Waals surface area contributed by atoms with E-state index in [-0.39, 0.29) is 11.1 Å². The molecule has 0 unspecified atom stereocenters. The fraction of sp³-hybridized carbons (Fsp3) is 0.444. The molecular weight excluding hydrogens is 564 g/mol. The molecule has 238 valence electrons. The number of nitrogens with one attached hydrogen (secondary N) is 2. The maximum atomic E-state index is 12.2. The molecule has 0 amide bonds. The maximum Gasteiger partial charge on any atom is 0.255 e. The molecule has 3 aliphatic rings. The van der Waals surface area contributed by atoms with Crippen molar-refractivity contribution in [1.29, 1.82) is 0 Å². The molecule has 9 nitrogen and oxygen atoms in total. The number of nitrogens with zero attached hydrogens (tertiary/aromatic N) is 4. The van der Waals surface area contributed by atoms with Crippen LogP contribution in [0.5, 0.6) is 0 Å². The molecule has 2 aromatic carbocycles. The average molecular weight is 611 g/mol. The molecule has 4 aromatic rings. The minimum Gasteiger partial charge on any atom is -0.381 e. The van der Waals surface area contributed by atoms with Crippen LogP contribution >= 0.6 is 0 Å². The van der Waals surface area contributed by atoms with Crippen LogP contribution in [0.1, 0.15) is 73.6 Å². The van der Waals surface area contributed by atoms with Gasteiger partial charge in [-0.3, -0.25) is 19.6 Å². The fourth-order valence-electron chi connectivity index (χ4n) is 5.75. The third-order valence-corrected chi connectivity index (χ3v) is 8.33. The maximum absolute atomic E-state index is 12.2. The number of piperidine rings is 2. The Balaban J connectivity index is 0.000000154. The molecule has 0 aliphatic carbocycles. The largest absolute Gasteiger partial charge is 0.381 e. The quantitative estimate of drug-likeness (QED) is 0.297. The predicted molar refractivity (Wildman–Crippen MR) is 180 cm³/mol. The summed E-state index contributed by atoms with van der Waals surface area (Å²) in [5.41, 5.74) is 3.65. The molecule has 3 saturated heterocycles. The monoisotopic (exact) mass is 610 g/mol. The molecule has 0 spiro atoms. The fourth-order valence-corrected chi connectivity index (χ4v) is 5.75. The molecule has 0 atom stereocenters. The van der Waals surface area contributed by atoms with Gasteiger partial charge in [0, 0.05) is 75.8 Å². The Kier molecular flexibility index (Phi) is 12.4. The molecule has 2 aromatic heterocycles. The molecule has 0 saturated carbocycles. The van der Waals surface area contributed by atoms with Gasteiger partial charge < -0.3 is 14.5 Å². The van der Waals surface area contributed by atoms with Crippen molar-refractivity contribution in [1.82, 2.24) is 19.9 Å². The zero-order valence-electron chi connectivity index (χ0n) is 26.3. The van der Waals surface area contributed by atoms with Crippen LogP contribution in [0.15, 0.2) is 82.6 Å². The number of anilines is 2. The lowest BCUT2D eigenvalue weighted by molar-refractivity contribution is 0.198. The van der Waals surface area contributed by atoms with Gasteiger partial charge >= 0.3 is 0 Å². The lowest BCUT2D eigenvalue weighted by Gasteiger charge is -2.26. The van der Waals surface area contributed by atoms with Gasteiger partial charge in [-0.25, -0.2) is 9.97 Å². The van der Waals surface area contributed by atoms with Crippen LogP contribution in [-0.2, 0) is 17.6 Å². The molecule has 9 heteroatoms. The topological polar surface area (TPSA) is 107 Å². The number of ether oxygens (including phenoxy) is 1. The highest BCUT2D eigenvalue weighted by molar-refractivity contribution is 5.33. The Hall–Kier alpha value is -4.24. The number of rotatable bonds is 6. The zero-order chi connectivity index (χ0) is 31.1. The second kappa shape index (κ2) is 17.3. The summed E-state index contributed by atoms with van der Waals surface area (Å²) in [5, 5.41) is 0. The normalized spacial score (nSPS) is 16.3. The van der Waals surface area contributed by atoms with Crippen molar-refractivity contribution in [3.05, 3.63) is 116 Å². The number of H-pyrrole nitrogens is 2. The molecular formula is C36H46N6O3. The van der Waals surface area contributed by atoms with Crippen molar-refractivity contribution in [2.75, 3.05) is 49.2 Å². The first kappa shape index (κ1) is 32.2. The van der Waals surface area contributed by atoms with Gasteiger partial charge in [0.05, 0.1) is 0 Å². The highest BCUT2D eigenvalue weighted by atomic mass is 16.5. The average Bonchev–Trinajstić information content (AvgIpc) is 3.70. The van der Waals surface area contributed by atoms with Crippen molar-refractivity contribution >= 4 is 11.9 Å². The summed E-state index contributed by atoms with van der Waals surface area (Å²) >= 11 is 0. The number of aromatic amines is 2. The molecule has 5 heterocycles. The third kappa shape index (κ3) is 10.1. The first-order valence-electron chi connectivity index (χ1n) is 16.5. The SMILES string of the molecule is C1CCOC1.O=c1[nH]c(N2CCCCC2)ncc1Cc1ccccc1.O=c1[nH]c(N2CCCCC2)ncc1Cc1ccccc1. The smallest absolute Gasteiger partial charge is 0.255 e. The standard InChI is InChI=1S/2C16H19N3O.C4H8O/c2*20-15-14(11-13-7-3-1-4-8-13)12-17-16(18-15)19-9-5-2-6-10-19;1-2-4-5-3-1/h2*1,3-4,7-8,12H,2,5-6,9-11H2,(H,17,18,20);1-4H2. The van der Waals surface area contributed by atoms with E-state index in [1.807, 2.05) is 60.7 Å². The minimum absolute atomic E-state index is 0.0237. The summed E-state index contributed by atoms with van der Waals surface area (Å²) in [6, 6.07) is 20.0. The first-order valence-corrected chi connectivity index (χ1v) is 16.5. The van der Waals surface area contributed by atoms with Gasteiger partial charge in [-0.15, -0.1) is 0 Å². The Labute approximate surface area is 265 Å². The summed E-state index contributed by atoms with van der Waals surface area (Å²) in [6.45, 7) is 5.95. The van der Waals surface area contributed by atoms with Gasteiger partial charge in [0.25, 0.3) is 11.1 Å². The molecule has 7 rings (SSSR count). The molecule has 2 N–H and O–H groups in total. The van der Waals surface area contributed by atoms with Crippen LogP contribution in [0.4, 0.5) is 11.9 Å². The highest BCUT2D eigenvalue weighted by Gasteiger charge is 2.15. The van der Waals surface area contributed by atoms with E-state index >= 15 is 0 Å². The van der Waals surface area contributed by atoms with Crippen LogP contribution in [0.25, 0.3) is 0 Å². The van der Waals surface area contributed by atoms with Gasteiger partial charge in [0.15, 0.2) is 0 Å². The van der Waals surface area contributed by atoms with Crippen molar-refractivity contribution < 1.29 is 4.74 Å². The molecule has 45 heavy (non-hydrogen) atoms. The summed E-state index contributed by atoms with van der Waals surface area (Å²) in [6.07, 6.45) is 14.5. The lowest BCUT2D eigenvalue weighted by Crippen LogP contribution is -2.32. The van der Waals surface area contributed by atoms with Crippen molar-refractivity contribution in [2.45, 2.75) is 64.2 Å². The van der Waals surface area contributed by atoms with E-state index in [0.29, 0.717) is 24.7 Å². The summed E-state index contributed by atoms with van der Waals surface area (Å²) in [4.78, 5) is 43.4. The van der Waals surface area contributed by atoms with Gasteiger partial charge in [-0.2, -0.15) is 0 Å². The van der Waals surface area contributed by atoms with E-state index < -0.39 is 0 Å².